The number of aryl methyl sites for hydroxylation is 2. The van der Waals surface area contributed by atoms with Gasteiger partial charge in [-0.2, -0.15) is 0 Å². The third-order valence-corrected chi connectivity index (χ3v) is 2.60. The maximum absolute atomic E-state index is 11.4. The Bertz CT molecular complexity index is 617. The summed E-state index contributed by atoms with van der Waals surface area (Å²) >= 11 is 0. The molecule has 2 aromatic rings. The van der Waals surface area contributed by atoms with Gasteiger partial charge >= 0.3 is 0 Å². The molecule has 1 aromatic heterocycles. The molecule has 94 valence electrons. The molecular weight excluding hydrogens is 230 g/mol. The van der Waals surface area contributed by atoms with E-state index in [9.17, 15) is 10.0 Å². The molecule has 0 atom stereocenters. The fourth-order valence-electron chi connectivity index (χ4n) is 1.73. The van der Waals surface area contributed by atoms with Crippen molar-refractivity contribution >= 4 is 0 Å². The van der Waals surface area contributed by atoms with Crippen LogP contribution in [0.5, 0.6) is 5.75 Å². The zero-order chi connectivity index (χ0) is 13.1. The predicted octanol–water partition coefficient (Wildman–Crippen LogP) is 2.28. The summed E-state index contributed by atoms with van der Waals surface area (Å²) in [6.45, 7) is 3.93. The van der Waals surface area contributed by atoms with Crippen molar-refractivity contribution in [2.45, 2.75) is 20.5 Å². The van der Waals surface area contributed by atoms with Gasteiger partial charge in [-0.15, -0.1) is 4.73 Å². The van der Waals surface area contributed by atoms with E-state index in [0.717, 1.165) is 11.1 Å². The second kappa shape index (κ2) is 4.96. The standard InChI is InChI=1S/C14H15NO3/c1-10-4-3-5-13(7-10)18-9-12-6-11(2)8-14(16)15(12)17/h3-8,17H,9H2,1-2H3. The zero-order valence-electron chi connectivity index (χ0n) is 10.4. The van der Waals surface area contributed by atoms with Gasteiger partial charge in [-0.25, -0.2) is 0 Å². The molecule has 0 bridgehead atoms. The van der Waals surface area contributed by atoms with Gasteiger partial charge in [0.15, 0.2) is 0 Å². The quantitative estimate of drug-likeness (QED) is 0.844. The highest BCUT2D eigenvalue weighted by molar-refractivity contribution is 5.27. The van der Waals surface area contributed by atoms with Crippen LogP contribution in [0.1, 0.15) is 16.8 Å². The molecule has 1 heterocycles. The van der Waals surface area contributed by atoms with E-state index in [2.05, 4.69) is 0 Å². The number of nitrogens with zero attached hydrogens (tertiary/aromatic N) is 1. The van der Waals surface area contributed by atoms with Crippen LogP contribution < -0.4 is 10.3 Å². The number of ether oxygens (including phenoxy) is 1. The van der Waals surface area contributed by atoms with Crippen molar-refractivity contribution < 1.29 is 9.94 Å². The molecule has 1 aromatic carbocycles. The number of hydrogen-bond acceptors (Lipinski definition) is 3. The van der Waals surface area contributed by atoms with Crippen LogP contribution in [-0.2, 0) is 6.61 Å². The van der Waals surface area contributed by atoms with Crippen molar-refractivity contribution in [3.8, 4) is 5.75 Å². The lowest BCUT2D eigenvalue weighted by Crippen LogP contribution is -2.21. The number of benzene rings is 1. The molecule has 0 unspecified atom stereocenters. The normalized spacial score (nSPS) is 10.3. The van der Waals surface area contributed by atoms with Crippen LogP contribution in [0.4, 0.5) is 0 Å². The Labute approximate surface area is 105 Å². The molecule has 2 rings (SSSR count). The van der Waals surface area contributed by atoms with Crippen LogP contribution in [0.3, 0.4) is 0 Å². The molecular formula is C14H15NO3. The molecule has 0 aliphatic carbocycles. The van der Waals surface area contributed by atoms with Gasteiger partial charge in [-0.1, -0.05) is 12.1 Å². The van der Waals surface area contributed by atoms with Gasteiger partial charge in [0.2, 0.25) is 0 Å². The van der Waals surface area contributed by atoms with Crippen LogP contribution >= 0.6 is 0 Å². The van der Waals surface area contributed by atoms with Gasteiger partial charge in [0.25, 0.3) is 5.56 Å². The number of pyridine rings is 1. The van der Waals surface area contributed by atoms with Gasteiger partial charge in [-0.05, 0) is 43.2 Å². The summed E-state index contributed by atoms with van der Waals surface area (Å²) in [5, 5.41) is 9.58. The molecule has 4 heteroatoms. The first-order valence-corrected chi connectivity index (χ1v) is 5.67. The highest BCUT2D eigenvalue weighted by Crippen LogP contribution is 2.14. The summed E-state index contributed by atoms with van der Waals surface area (Å²) in [7, 11) is 0. The van der Waals surface area contributed by atoms with Crippen molar-refractivity contribution in [3.05, 3.63) is 63.6 Å². The average molecular weight is 245 g/mol. The van der Waals surface area contributed by atoms with Crippen LogP contribution in [0.25, 0.3) is 0 Å². The number of rotatable bonds is 3. The lowest BCUT2D eigenvalue weighted by Gasteiger charge is -2.09. The van der Waals surface area contributed by atoms with Crippen LogP contribution in [0.2, 0.25) is 0 Å². The minimum absolute atomic E-state index is 0.150. The summed E-state index contributed by atoms with van der Waals surface area (Å²) in [6, 6.07) is 10.7. The van der Waals surface area contributed by atoms with Crippen molar-refractivity contribution in [1.82, 2.24) is 4.73 Å². The first-order valence-electron chi connectivity index (χ1n) is 5.67. The molecule has 0 saturated carbocycles. The first-order chi connectivity index (χ1) is 8.56. The van der Waals surface area contributed by atoms with E-state index in [4.69, 9.17) is 4.74 Å². The Morgan fingerprint density at radius 1 is 1.17 bits per heavy atom. The van der Waals surface area contributed by atoms with Crippen molar-refractivity contribution in [3.63, 3.8) is 0 Å². The van der Waals surface area contributed by atoms with E-state index in [0.29, 0.717) is 16.2 Å². The predicted molar refractivity (Wildman–Crippen MR) is 68.1 cm³/mol. The maximum Gasteiger partial charge on any atom is 0.283 e. The fraction of sp³-hybridized carbons (Fsp3) is 0.214. The van der Waals surface area contributed by atoms with Crippen molar-refractivity contribution in [2.24, 2.45) is 0 Å². The van der Waals surface area contributed by atoms with Gasteiger partial charge < -0.3 is 9.94 Å². The molecule has 0 amide bonds. The van der Waals surface area contributed by atoms with Gasteiger partial charge in [0.05, 0.1) is 5.69 Å². The molecule has 1 N–H and O–H groups in total. The minimum Gasteiger partial charge on any atom is -0.487 e. The van der Waals surface area contributed by atoms with Gasteiger partial charge in [0, 0.05) is 6.07 Å². The second-order valence-corrected chi connectivity index (χ2v) is 4.28. The third-order valence-electron chi connectivity index (χ3n) is 2.60. The molecule has 0 spiro atoms. The Balaban J connectivity index is 2.18. The van der Waals surface area contributed by atoms with Crippen LogP contribution in [0, 0.1) is 13.8 Å². The van der Waals surface area contributed by atoms with E-state index in [1.165, 1.54) is 6.07 Å². The SMILES string of the molecule is Cc1cccc(OCc2cc(C)cc(=O)n2O)c1. The summed E-state index contributed by atoms with van der Waals surface area (Å²) < 4.78 is 6.16. The Morgan fingerprint density at radius 2 is 1.94 bits per heavy atom. The van der Waals surface area contributed by atoms with Crippen LogP contribution in [0.15, 0.2) is 41.2 Å². The number of hydrogen-bond donors (Lipinski definition) is 1. The Kier molecular flexibility index (Phi) is 3.37. The minimum atomic E-state index is -0.446. The number of aromatic nitrogens is 1. The Morgan fingerprint density at radius 3 is 2.67 bits per heavy atom. The van der Waals surface area contributed by atoms with E-state index in [1.807, 2.05) is 31.2 Å². The third kappa shape index (κ3) is 2.71. The molecule has 0 saturated heterocycles. The van der Waals surface area contributed by atoms with Crippen molar-refractivity contribution in [2.75, 3.05) is 0 Å². The zero-order valence-corrected chi connectivity index (χ0v) is 10.4. The van der Waals surface area contributed by atoms with Gasteiger partial charge in [0.1, 0.15) is 12.4 Å². The van der Waals surface area contributed by atoms with Crippen LogP contribution in [-0.4, -0.2) is 9.94 Å². The summed E-state index contributed by atoms with van der Waals surface area (Å²) in [5.74, 6) is 0.712. The van der Waals surface area contributed by atoms with E-state index in [-0.39, 0.29) is 6.61 Å². The highest BCUT2D eigenvalue weighted by Gasteiger charge is 2.05. The molecule has 18 heavy (non-hydrogen) atoms. The topological polar surface area (TPSA) is 51.5 Å². The summed E-state index contributed by atoms with van der Waals surface area (Å²) in [4.78, 5) is 11.4. The molecule has 0 radical (unpaired) electrons. The Hall–Kier alpha value is -2.23. The van der Waals surface area contributed by atoms with E-state index < -0.39 is 5.56 Å². The van der Waals surface area contributed by atoms with E-state index >= 15 is 0 Å². The molecule has 0 aliphatic heterocycles. The average Bonchev–Trinajstić information content (AvgIpc) is 2.32. The molecule has 4 nitrogen and oxygen atoms in total. The lowest BCUT2D eigenvalue weighted by atomic mass is 10.2. The molecule has 0 fully saturated rings. The molecule has 0 aliphatic rings. The van der Waals surface area contributed by atoms with Crippen molar-refractivity contribution in [1.29, 1.82) is 0 Å². The highest BCUT2D eigenvalue weighted by atomic mass is 16.5. The van der Waals surface area contributed by atoms with E-state index in [1.54, 1.807) is 13.0 Å². The first kappa shape index (κ1) is 12.2. The maximum atomic E-state index is 11.4. The second-order valence-electron chi connectivity index (χ2n) is 4.28. The monoisotopic (exact) mass is 245 g/mol. The smallest absolute Gasteiger partial charge is 0.283 e. The fourth-order valence-corrected chi connectivity index (χ4v) is 1.73. The largest absolute Gasteiger partial charge is 0.487 e. The summed E-state index contributed by atoms with van der Waals surface area (Å²) in [5.41, 5.74) is 1.88. The van der Waals surface area contributed by atoms with Gasteiger partial charge in [-0.3, -0.25) is 4.79 Å². The summed E-state index contributed by atoms with van der Waals surface area (Å²) in [6.07, 6.45) is 0. The lowest BCUT2D eigenvalue weighted by molar-refractivity contribution is 0.147.